The van der Waals surface area contributed by atoms with Crippen LogP contribution < -0.4 is 0 Å². The monoisotopic (exact) mass is 905 g/mol. The SMILES string of the molecule is CCCCCCCCCCCCCCCC(=O)OC[C@H](COC(=O)CCCCCCCCCCCCCCCCCC(C)C)OC(=O)CCCCCCCCCCCCCCC(C)C. The summed E-state index contributed by atoms with van der Waals surface area (Å²) in [6.45, 7) is 11.4. The van der Waals surface area contributed by atoms with E-state index in [1.54, 1.807) is 0 Å². The molecule has 0 aliphatic heterocycles. The summed E-state index contributed by atoms with van der Waals surface area (Å²) in [5.74, 6) is 0.842. The highest BCUT2D eigenvalue weighted by atomic mass is 16.6. The molecule has 0 aliphatic rings. The van der Waals surface area contributed by atoms with Gasteiger partial charge in [0.15, 0.2) is 6.10 Å². The number of esters is 3. The van der Waals surface area contributed by atoms with Crippen LogP contribution in [0.25, 0.3) is 0 Å². The quantitative estimate of drug-likeness (QED) is 0.0344. The minimum absolute atomic E-state index is 0.0627. The third kappa shape index (κ3) is 51.4. The fourth-order valence-corrected chi connectivity index (χ4v) is 8.87. The average molecular weight is 906 g/mol. The first-order valence-corrected chi connectivity index (χ1v) is 28.7. The molecule has 6 nitrogen and oxygen atoms in total. The summed E-state index contributed by atoms with van der Waals surface area (Å²) in [5.41, 5.74) is 0. The predicted octanol–water partition coefficient (Wildman–Crippen LogP) is 18.9. The lowest BCUT2D eigenvalue weighted by Crippen LogP contribution is -2.30. The fraction of sp³-hybridized carbons (Fsp3) is 0.948. The second-order valence-corrected chi connectivity index (χ2v) is 20.9. The van der Waals surface area contributed by atoms with E-state index in [9.17, 15) is 14.4 Å². The molecule has 0 amide bonds. The summed E-state index contributed by atoms with van der Waals surface area (Å²) >= 11 is 0. The van der Waals surface area contributed by atoms with Crippen LogP contribution in [-0.2, 0) is 28.6 Å². The number of hydrogen-bond acceptors (Lipinski definition) is 6. The van der Waals surface area contributed by atoms with Gasteiger partial charge in [0.1, 0.15) is 13.2 Å². The molecule has 0 N–H and O–H groups in total. The van der Waals surface area contributed by atoms with E-state index in [2.05, 4.69) is 34.6 Å². The highest BCUT2D eigenvalue weighted by Gasteiger charge is 2.19. The van der Waals surface area contributed by atoms with Crippen molar-refractivity contribution >= 4 is 17.9 Å². The Bertz CT molecular complexity index is 978. The topological polar surface area (TPSA) is 78.9 Å². The normalized spacial score (nSPS) is 12.0. The molecule has 0 bridgehead atoms. The maximum Gasteiger partial charge on any atom is 0.306 e. The molecule has 0 aliphatic carbocycles. The molecule has 0 aromatic rings. The van der Waals surface area contributed by atoms with Gasteiger partial charge in [-0.15, -0.1) is 0 Å². The molecule has 0 aromatic heterocycles. The maximum atomic E-state index is 12.8. The van der Waals surface area contributed by atoms with Crippen LogP contribution in [0.4, 0.5) is 0 Å². The summed E-state index contributed by atoms with van der Waals surface area (Å²) in [6, 6.07) is 0. The standard InChI is InChI=1S/C58H112O6/c1-6-7-8-9-10-11-12-16-23-28-33-38-43-48-56(59)62-51-55(64-58(61)50-45-40-35-30-25-20-19-22-27-32-37-42-47-54(4)5)52-63-57(60)49-44-39-34-29-24-18-15-13-14-17-21-26-31-36-41-46-53(2)3/h53-55H,6-52H2,1-5H3/t55-/m1/s1. The highest BCUT2D eigenvalue weighted by molar-refractivity contribution is 5.71. The maximum absolute atomic E-state index is 12.8. The molecular formula is C58H112O6. The smallest absolute Gasteiger partial charge is 0.306 e. The van der Waals surface area contributed by atoms with E-state index < -0.39 is 6.10 Å². The van der Waals surface area contributed by atoms with Crippen LogP contribution in [0.5, 0.6) is 0 Å². The van der Waals surface area contributed by atoms with Gasteiger partial charge in [0.05, 0.1) is 0 Å². The van der Waals surface area contributed by atoms with E-state index in [0.717, 1.165) is 69.6 Å². The van der Waals surface area contributed by atoms with E-state index in [4.69, 9.17) is 14.2 Å². The molecule has 380 valence electrons. The van der Waals surface area contributed by atoms with Crippen molar-refractivity contribution in [2.75, 3.05) is 13.2 Å². The Balaban J connectivity index is 4.28. The van der Waals surface area contributed by atoms with Gasteiger partial charge in [0, 0.05) is 19.3 Å². The van der Waals surface area contributed by atoms with Crippen molar-refractivity contribution < 1.29 is 28.6 Å². The largest absolute Gasteiger partial charge is 0.462 e. The first kappa shape index (κ1) is 62.4. The van der Waals surface area contributed by atoms with Gasteiger partial charge in [-0.1, -0.05) is 285 Å². The van der Waals surface area contributed by atoms with Crippen LogP contribution in [0.15, 0.2) is 0 Å². The van der Waals surface area contributed by atoms with E-state index in [1.165, 1.54) is 212 Å². The van der Waals surface area contributed by atoms with Gasteiger partial charge in [0.25, 0.3) is 0 Å². The first-order valence-electron chi connectivity index (χ1n) is 28.7. The summed E-state index contributed by atoms with van der Waals surface area (Å²) in [5, 5.41) is 0. The van der Waals surface area contributed by atoms with Gasteiger partial charge in [-0.25, -0.2) is 0 Å². The lowest BCUT2D eigenvalue weighted by Gasteiger charge is -2.18. The lowest BCUT2D eigenvalue weighted by atomic mass is 10.0. The Morgan fingerprint density at radius 3 is 0.766 bits per heavy atom. The molecule has 0 aromatic carbocycles. The second-order valence-electron chi connectivity index (χ2n) is 20.9. The van der Waals surface area contributed by atoms with Crippen LogP contribution in [0, 0.1) is 11.8 Å². The third-order valence-corrected chi connectivity index (χ3v) is 13.2. The van der Waals surface area contributed by atoms with Gasteiger partial charge >= 0.3 is 17.9 Å². The van der Waals surface area contributed by atoms with Crippen molar-refractivity contribution in [3.8, 4) is 0 Å². The van der Waals surface area contributed by atoms with E-state index in [1.807, 2.05) is 0 Å². The molecule has 1 atom stereocenters. The number of carbonyl (C=O) groups excluding carboxylic acids is 3. The zero-order valence-corrected chi connectivity index (χ0v) is 43.9. The fourth-order valence-electron chi connectivity index (χ4n) is 8.87. The number of rotatable bonds is 52. The summed E-state index contributed by atoms with van der Waals surface area (Å²) in [7, 11) is 0. The second kappa shape index (κ2) is 50.8. The van der Waals surface area contributed by atoms with Gasteiger partial charge in [-0.3, -0.25) is 14.4 Å². The van der Waals surface area contributed by atoms with Crippen LogP contribution in [0.1, 0.15) is 324 Å². The summed E-state index contributed by atoms with van der Waals surface area (Å²) in [6.07, 6.45) is 53.7. The van der Waals surface area contributed by atoms with Crippen LogP contribution in [0.3, 0.4) is 0 Å². The number of unbranched alkanes of at least 4 members (excludes halogenated alkanes) is 37. The Kier molecular flexibility index (Phi) is 49.6. The van der Waals surface area contributed by atoms with Crippen LogP contribution in [0.2, 0.25) is 0 Å². The molecule has 0 unspecified atom stereocenters. The Morgan fingerprint density at radius 1 is 0.297 bits per heavy atom. The van der Waals surface area contributed by atoms with E-state index in [-0.39, 0.29) is 31.1 Å². The van der Waals surface area contributed by atoms with Crippen molar-refractivity contribution in [2.24, 2.45) is 11.8 Å². The minimum Gasteiger partial charge on any atom is -0.462 e. The summed E-state index contributed by atoms with van der Waals surface area (Å²) < 4.78 is 16.9. The molecule has 0 rings (SSSR count). The molecule has 6 heteroatoms. The first-order chi connectivity index (χ1) is 31.2. The Morgan fingerprint density at radius 2 is 0.516 bits per heavy atom. The predicted molar refractivity (Wildman–Crippen MR) is 275 cm³/mol. The van der Waals surface area contributed by atoms with E-state index in [0.29, 0.717) is 19.3 Å². The molecule has 0 saturated heterocycles. The van der Waals surface area contributed by atoms with E-state index >= 15 is 0 Å². The molecule has 0 radical (unpaired) electrons. The van der Waals surface area contributed by atoms with Gasteiger partial charge < -0.3 is 14.2 Å². The molecular weight excluding hydrogens is 793 g/mol. The van der Waals surface area contributed by atoms with Crippen molar-refractivity contribution in [1.82, 2.24) is 0 Å². The van der Waals surface area contributed by atoms with Crippen molar-refractivity contribution in [2.45, 2.75) is 330 Å². The molecule has 64 heavy (non-hydrogen) atoms. The third-order valence-electron chi connectivity index (χ3n) is 13.2. The highest BCUT2D eigenvalue weighted by Crippen LogP contribution is 2.18. The zero-order chi connectivity index (χ0) is 46.8. The van der Waals surface area contributed by atoms with Gasteiger partial charge in [-0.2, -0.15) is 0 Å². The van der Waals surface area contributed by atoms with Crippen molar-refractivity contribution in [3.63, 3.8) is 0 Å². The molecule has 0 heterocycles. The lowest BCUT2D eigenvalue weighted by molar-refractivity contribution is -0.167. The number of ether oxygens (including phenoxy) is 3. The van der Waals surface area contributed by atoms with Crippen molar-refractivity contribution in [3.05, 3.63) is 0 Å². The number of carbonyl (C=O) groups is 3. The van der Waals surface area contributed by atoms with Gasteiger partial charge in [0.2, 0.25) is 0 Å². The zero-order valence-electron chi connectivity index (χ0n) is 43.9. The Hall–Kier alpha value is -1.59. The number of hydrogen-bond donors (Lipinski definition) is 0. The van der Waals surface area contributed by atoms with Crippen LogP contribution in [-0.4, -0.2) is 37.2 Å². The molecule has 0 saturated carbocycles. The molecule has 0 fully saturated rings. The van der Waals surface area contributed by atoms with Crippen LogP contribution >= 0.6 is 0 Å². The average Bonchev–Trinajstić information content (AvgIpc) is 3.27. The summed E-state index contributed by atoms with van der Waals surface area (Å²) in [4.78, 5) is 38.1. The Labute approximate surface area is 399 Å². The van der Waals surface area contributed by atoms with Crippen molar-refractivity contribution in [1.29, 1.82) is 0 Å². The molecule has 0 spiro atoms. The van der Waals surface area contributed by atoms with Gasteiger partial charge in [-0.05, 0) is 31.1 Å². The minimum atomic E-state index is -0.762.